The van der Waals surface area contributed by atoms with E-state index in [4.69, 9.17) is 4.99 Å². The number of nitrogens with zero attached hydrogens (tertiary/aromatic N) is 3. The molecule has 0 spiro atoms. The molecule has 0 amide bonds. The molecule has 2 saturated heterocycles. The van der Waals surface area contributed by atoms with Gasteiger partial charge in [-0.05, 0) is 52.6 Å². The summed E-state index contributed by atoms with van der Waals surface area (Å²) in [6.45, 7) is 14.0. The highest BCUT2D eigenvalue weighted by Crippen LogP contribution is 2.24. The van der Waals surface area contributed by atoms with Gasteiger partial charge in [0.1, 0.15) is 0 Å². The maximum absolute atomic E-state index is 12.2. The van der Waals surface area contributed by atoms with E-state index in [2.05, 4.69) is 29.0 Å². The number of nitrogens with one attached hydrogen (secondary N) is 1. The van der Waals surface area contributed by atoms with Crippen LogP contribution in [0, 0.1) is 5.92 Å². The Labute approximate surface area is 170 Å². The zero-order chi connectivity index (χ0) is 17.8. The number of piperidine rings is 1. The number of rotatable bonds is 4. The normalized spacial score (nSPS) is 26.8. The summed E-state index contributed by atoms with van der Waals surface area (Å²) in [6.07, 6.45) is 2.48. The van der Waals surface area contributed by atoms with Gasteiger partial charge in [0.2, 0.25) is 0 Å². The van der Waals surface area contributed by atoms with Gasteiger partial charge in [-0.15, -0.1) is 24.0 Å². The van der Waals surface area contributed by atoms with Gasteiger partial charge in [0.15, 0.2) is 15.8 Å². The minimum absolute atomic E-state index is 0. The highest BCUT2D eigenvalue weighted by atomic mass is 127. The van der Waals surface area contributed by atoms with Crippen LogP contribution in [0.1, 0.15) is 40.5 Å². The molecule has 2 rings (SSSR count). The summed E-state index contributed by atoms with van der Waals surface area (Å²) >= 11 is 0. The molecule has 148 valence electrons. The van der Waals surface area contributed by atoms with E-state index < -0.39 is 14.6 Å². The molecule has 0 aromatic rings. The molecule has 2 aliphatic heterocycles. The third kappa shape index (κ3) is 5.95. The van der Waals surface area contributed by atoms with Crippen LogP contribution in [0.25, 0.3) is 0 Å². The Morgan fingerprint density at radius 3 is 2.60 bits per heavy atom. The average Bonchev–Trinajstić information content (AvgIpc) is 2.54. The Balaban J connectivity index is 0.00000312. The van der Waals surface area contributed by atoms with Gasteiger partial charge < -0.3 is 15.1 Å². The molecule has 1 atom stereocenters. The summed E-state index contributed by atoms with van der Waals surface area (Å²) in [6, 6.07) is 0. The van der Waals surface area contributed by atoms with Crippen LogP contribution >= 0.6 is 24.0 Å². The molecule has 2 fully saturated rings. The fourth-order valence-electron chi connectivity index (χ4n) is 3.55. The van der Waals surface area contributed by atoms with Crippen LogP contribution in [-0.2, 0) is 9.84 Å². The fourth-order valence-corrected chi connectivity index (χ4v) is 4.92. The zero-order valence-electron chi connectivity index (χ0n) is 16.1. The topological polar surface area (TPSA) is 65.0 Å². The lowest BCUT2D eigenvalue weighted by Crippen LogP contribution is -2.57. The van der Waals surface area contributed by atoms with Gasteiger partial charge >= 0.3 is 0 Å². The van der Waals surface area contributed by atoms with Gasteiger partial charge in [0.25, 0.3) is 0 Å². The van der Waals surface area contributed by atoms with Crippen LogP contribution in [0.4, 0.5) is 0 Å². The van der Waals surface area contributed by atoms with Crippen molar-refractivity contribution in [1.82, 2.24) is 15.1 Å². The standard InChI is InChI=1S/C17H34N4O2S.HI/c1-5-18-16(19-12-15-8-7-9-20(6-2)13-15)21-10-11-24(22,23)17(3,4)14-21;/h15H,5-14H2,1-4H3,(H,18,19);1H. The van der Waals surface area contributed by atoms with Crippen molar-refractivity contribution in [3.05, 3.63) is 0 Å². The van der Waals surface area contributed by atoms with Crippen molar-refractivity contribution in [2.75, 3.05) is 51.6 Å². The quantitative estimate of drug-likeness (QED) is 0.373. The SMILES string of the molecule is CCNC(=NCC1CCCN(CC)C1)N1CCS(=O)(=O)C(C)(C)C1.I. The monoisotopic (exact) mass is 486 g/mol. The summed E-state index contributed by atoms with van der Waals surface area (Å²) in [5.41, 5.74) is 0. The third-order valence-electron chi connectivity index (χ3n) is 5.23. The smallest absolute Gasteiger partial charge is 0.194 e. The average molecular weight is 486 g/mol. The summed E-state index contributed by atoms with van der Waals surface area (Å²) in [4.78, 5) is 9.46. The predicted octanol–water partition coefficient (Wildman–Crippen LogP) is 1.81. The van der Waals surface area contributed by atoms with Crippen LogP contribution in [-0.4, -0.2) is 80.5 Å². The number of hydrogen-bond donors (Lipinski definition) is 1. The van der Waals surface area contributed by atoms with Crippen molar-refractivity contribution < 1.29 is 8.42 Å². The number of sulfone groups is 1. The molecule has 0 aromatic heterocycles. The summed E-state index contributed by atoms with van der Waals surface area (Å²) < 4.78 is 23.7. The largest absolute Gasteiger partial charge is 0.357 e. The highest BCUT2D eigenvalue weighted by Gasteiger charge is 2.41. The fraction of sp³-hybridized carbons (Fsp3) is 0.941. The van der Waals surface area contributed by atoms with E-state index in [0.717, 1.165) is 32.1 Å². The lowest BCUT2D eigenvalue weighted by molar-refractivity contribution is 0.186. The molecule has 0 aliphatic carbocycles. The minimum atomic E-state index is -3.02. The van der Waals surface area contributed by atoms with E-state index in [1.165, 1.54) is 19.4 Å². The molecule has 25 heavy (non-hydrogen) atoms. The second-order valence-electron chi connectivity index (χ2n) is 7.60. The number of likely N-dealkylation sites (tertiary alicyclic amines) is 1. The van der Waals surface area contributed by atoms with Crippen LogP contribution in [0.2, 0.25) is 0 Å². The van der Waals surface area contributed by atoms with Crippen molar-refractivity contribution in [1.29, 1.82) is 0 Å². The second-order valence-corrected chi connectivity index (χ2v) is 10.3. The molecule has 1 unspecified atom stereocenters. The summed E-state index contributed by atoms with van der Waals surface area (Å²) in [5, 5.41) is 3.35. The van der Waals surface area contributed by atoms with Gasteiger partial charge in [-0.1, -0.05) is 6.92 Å². The predicted molar refractivity (Wildman–Crippen MR) is 116 cm³/mol. The van der Waals surface area contributed by atoms with Crippen molar-refractivity contribution in [2.24, 2.45) is 10.9 Å². The van der Waals surface area contributed by atoms with Gasteiger partial charge in [-0.2, -0.15) is 0 Å². The first-order valence-corrected chi connectivity index (χ1v) is 10.9. The first-order chi connectivity index (χ1) is 11.3. The van der Waals surface area contributed by atoms with E-state index in [1.54, 1.807) is 0 Å². The molecule has 0 bridgehead atoms. The van der Waals surface area contributed by atoms with E-state index >= 15 is 0 Å². The van der Waals surface area contributed by atoms with Crippen molar-refractivity contribution in [3.63, 3.8) is 0 Å². The lowest BCUT2D eigenvalue weighted by Gasteiger charge is -2.39. The van der Waals surface area contributed by atoms with Gasteiger partial charge in [-0.25, -0.2) is 8.42 Å². The molecule has 8 heteroatoms. The Hall–Kier alpha value is -0.0900. The molecule has 1 N–H and O–H groups in total. The number of halogens is 1. The first kappa shape index (κ1) is 23.0. The van der Waals surface area contributed by atoms with Crippen molar-refractivity contribution in [3.8, 4) is 0 Å². The Morgan fingerprint density at radius 1 is 1.28 bits per heavy atom. The van der Waals surface area contributed by atoms with Crippen LogP contribution in [0.5, 0.6) is 0 Å². The Morgan fingerprint density at radius 2 is 2.00 bits per heavy atom. The molecule has 0 aromatic carbocycles. The lowest BCUT2D eigenvalue weighted by atomic mass is 9.98. The first-order valence-electron chi connectivity index (χ1n) is 9.27. The maximum Gasteiger partial charge on any atom is 0.194 e. The van der Waals surface area contributed by atoms with Crippen molar-refractivity contribution >= 4 is 39.8 Å². The summed E-state index contributed by atoms with van der Waals surface area (Å²) in [5.74, 6) is 1.68. The molecule has 0 saturated carbocycles. The highest BCUT2D eigenvalue weighted by molar-refractivity contribution is 14.0. The molecule has 2 aliphatic rings. The van der Waals surface area contributed by atoms with Crippen LogP contribution < -0.4 is 5.32 Å². The molecule has 2 heterocycles. The van der Waals surface area contributed by atoms with E-state index in [0.29, 0.717) is 19.0 Å². The third-order valence-corrected chi connectivity index (χ3v) is 7.76. The molecular formula is C17H35IN4O2S. The second kappa shape index (κ2) is 9.73. The molecule has 6 nitrogen and oxygen atoms in total. The van der Waals surface area contributed by atoms with E-state index in [-0.39, 0.29) is 29.7 Å². The summed E-state index contributed by atoms with van der Waals surface area (Å²) in [7, 11) is -3.02. The van der Waals surface area contributed by atoms with Gasteiger partial charge in [0, 0.05) is 32.7 Å². The Bertz CT molecular complexity index is 551. The zero-order valence-corrected chi connectivity index (χ0v) is 19.3. The molecular weight excluding hydrogens is 451 g/mol. The van der Waals surface area contributed by atoms with Gasteiger partial charge in [-0.3, -0.25) is 4.99 Å². The van der Waals surface area contributed by atoms with Gasteiger partial charge in [0.05, 0.1) is 10.5 Å². The maximum atomic E-state index is 12.2. The van der Waals surface area contributed by atoms with E-state index in [1.807, 2.05) is 13.8 Å². The van der Waals surface area contributed by atoms with Crippen molar-refractivity contribution in [2.45, 2.75) is 45.3 Å². The number of hydrogen-bond acceptors (Lipinski definition) is 4. The molecule has 0 radical (unpaired) electrons. The van der Waals surface area contributed by atoms with Crippen LogP contribution in [0.15, 0.2) is 4.99 Å². The minimum Gasteiger partial charge on any atom is -0.357 e. The van der Waals surface area contributed by atoms with Crippen LogP contribution in [0.3, 0.4) is 0 Å². The Kier molecular flexibility index (Phi) is 8.93. The number of guanidine groups is 1. The van der Waals surface area contributed by atoms with E-state index in [9.17, 15) is 8.42 Å². The number of aliphatic imine (C=N–C) groups is 1.